The molecule has 1 fully saturated rings. The molecule has 3 aliphatic rings. The molecule has 0 spiro atoms. The molecule has 7 nitrogen and oxygen atoms in total. The molecule has 0 N–H and O–H groups in total. The third-order valence-electron chi connectivity index (χ3n) is 6.11. The number of aryl methyl sites for hydroxylation is 2. The van der Waals surface area contributed by atoms with Gasteiger partial charge in [0.15, 0.2) is 0 Å². The normalized spacial score (nSPS) is 19.8. The summed E-state index contributed by atoms with van der Waals surface area (Å²) in [6, 6.07) is 1.80. The highest BCUT2D eigenvalue weighted by Crippen LogP contribution is 2.28. The maximum atomic E-state index is 12.4. The monoisotopic (exact) mass is 367 g/mol. The summed E-state index contributed by atoms with van der Waals surface area (Å²) < 4.78 is 7.32. The van der Waals surface area contributed by atoms with Gasteiger partial charge >= 0.3 is 0 Å². The fourth-order valence-corrected chi connectivity index (χ4v) is 4.56. The van der Waals surface area contributed by atoms with Crippen LogP contribution < -0.4 is 10.5 Å². The van der Waals surface area contributed by atoms with Crippen molar-refractivity contribution in [3.8, 4) is 0 Å². The van der Waals surface area contributed by atoms with E-state index in [1.807, 2.05) is 0 Å². The number of fused-ring (bicyclic) bond motifs is 2. The third-order valence-corrected chi connectivity index (χ3v) is 6.11. The molecule has 2 aromatic heterocycles. The zero-order valence-electron chi connectivity index (χ0n) is 15.6. The van der Waals surface area contributed by atoms with E-state index in [2.05, 4.69) is 20.0 Å². The quantitative estimate of drug-likeness (QED) is 0.819. The lowest BCUT2D eigenvalue weighted by Gasteiger charge is -2.34. The minimum Gasteiger partial charge on any atom is -0.376 e. The molecule has 142 valence electrons. The van der Waals surface area contributed by atoms with Crippen LogP contribution in [0.5, 0.6) is 0 Å². The summed E-state index contributed by atoms with van der Waals surface area (Å²) in [6.45, 7) is 3.99. The van der Waals surface area contributed by atoms with Crippen LogP contribution in [0.1, 0.15) is 41.8 Å². The Hall–Kier alpha value is -2.28. The van der Waals surface area contributed by atoms with Crippen molar-refractivity contribution < 1.29 is 4.74 Å². The van der Waals surface area contributed by atoms with Gasteiger partial charge in [0.05, 0.1) is 24.6 Å². The third kappa shape index (κ3) is 3.25. The molecule has 0 saturated carbocycles. The van der Waals surface area contributed by atoms with Gasteiger partial charge in [-0.25, -0.2) is 14.6 Å². The van der Waals surface area contributed by atoms with Crippen LogP contribution in [0.15, 0.2) is 17.2 Å². The molecule has 4 heterocycles. The van der Waals surface area contributed by atoms with Crippen LogP contribution >= 0.6 is 0 Å². The lowest BCUT2D eigenvalue weighted by Crippen LogP contribution is -2.38. The lowest BCUT2D eigenvalue weighted by molar-refractivity contribution is 0.109. The maximum absolute atomic E-state index is 12.4. The Morgan fingerprint density at radius 3 is 2.89 bits per heavy atom. The topological polar surface area (TPSA) is 73.1 Å². The molecule has 1 saturated heterocycles. The van der Waals surface area contributed by atoms with Crippen molar-refractivity contribution in [3.05, 3.63) is 45.3 Å². The van der Waals surface area contributed by atoms with E-state index in [0.717, 1.165) is 93.1 Å². The van der Waals surface area contributed by atoms with Gasteiger partial charge in [0.1, 0.15) is 12.1 Å². The van der Waals surface area contributed by atoms with Crippen LogP contribution in [-0.2, 0) is 37.2 Å². The molecule has 0 bridgehead atoms. The summed E-state index contributed by atoms with van der Waals surface area (Å²) in [5, 5.41) is 4.64. The summed E-state index contributed by atoms with van der Waals surface area (Å²) in [5.74, 6) is 1.52. The first-order valence-corrected chi connectivity index (χ1v) is 10.0. The van der Waals surface area contributed by atoms with E-state index < -0.39 is 0 Å². The van der Waals surface area contributed by atoms with E-state index >= 15 is 0 Å². The smallest absolute Gasteiger partial charge is 0.267 e. The van der Waals surface area contributed by atoms with Gasteiger partial charge in [0, 0.05) is 37.7 Å². The van der Waals surface area contributed by atoms with Gasteiger partial charge in [-0.15, -0.1) is 0 Å². The van der Waals surface area contributed by atoms with Crippen molar-refractivity contribution in [2.45, 2.75) is 51.7 Å². The van der Waals surface area contributed by atoms with Gasteiger partial charge in [0.25, 0.3) is 5.56 Å². The minimum absolute atomic E-state index is 0.0556. The predicted molar refractivity (Wildman–Crippen MR) is 101 cm³/mol. The van der Waals surface area contributed by atoms with E-state index in [1.165, 1.54) is 0 Å². The van der Waals surface area contributed by atoms with Gasteiger partial charge in [-0.2, -0.15) is 5.10 Å². The first kappa shape index (κ1) is 16.9. The van der Waals surface area contributed by atoms with Crippen molar-refractivity contribution in [1.82, 2.24) is 19.7 Å². The largest absolute Gasteiger partial charge is 0.376 e. The maximum Gasteiger partial charge on any atom is 0.267 e. The molecule has 7 heteroatoms. The number of nitrogens with zero attached hydrogens (tertiary/aromatic N) is 5. The summed E-state index contributed by atoms with van der Waals surface area (Å²) >= 11 is 0. The molecule has 0 amide bonds. The highest BCUT2D eigenvalue weighted by molar-refractivity contribution is 5.49. The highest BCUT2D eigenvalue weighted by atomic mass is 16.5. The fourth-order valence-electron chi connectivity index (χ4n) is 4.56. The molecule has 0 aromatic carbocycles. The molecular weight excluding hydrogens is 342 g/mol. The second-order valence-corrected chi connectivity index (χ2v) is 7.85. The molecule has 0 unspecified atom stereocenters. The molecule has 2 aliphatic heterocycles. The van der Waals surface area contributed by atoms with Gasteiger partial charge in [0.2, 0.25) is 0 Å². The van der Waals surface area contributed by atoms with Gasteiger partial charge < -0.3 is 9.64 Å². The molecule has 27 heavy (non-hydrogen) atoms. The number of hydrogen-bond acceptors (Lipinski definition) is 6. The van der Waals surface area contributed by atoms with Crippen LogP contribution in [0.25, 0.3) is 0 Å². The van der Waals surface area contributed by atoms with Crippen LogP contribution in [0.2, 0.25) is 0 Å². The van der Waals surface area contributed by atoms with Crippen LogP contribution in [0.4, 0.5) is 5.82 Å². The van der Waals surface area contributed by atoms with Crippen molar-refractivity contribution in [3.63, 3.8) is 0 Å². The second kappa shape index (κ2) is 7.03. The van der Waals surface area contributed by atoms with E-state index in [9.17, 15) is 4.79 Å². The molecule has 2 aromatic rings. The lowest BCUT2D eigenvalue weighted by atomic mass is 9.96. The van der Waals surface area contributed by atoms with Gasteiger partial charge in [-0.3, -0.25) is 4.79 Å². The van der Waals surface area contributed by atoms with Gasteiger partial charge in [-0.05, 0) is 43.6 Å². The van der Waals surface area contributed by atoms with Crippen molar-refractivity contribution in [2.75, 3.05) is 24.6 Å². The number of hydrogen-bond donors (Lipinski definition) is 0. The van der Waals surface area contributed by atoms with Crippen molar-refractivity contribution >= 4 is 5.82 Å². The second-order valence-electron chi connectivity index (χ2n) is 7.85. The average molecular weight is 367 g/mol. The number of aromatic nitrogens is 4. The van der Waals surface area contributed by atoms with Gasteiger partial charge in [-0.1, -0.05) is 0 Å². The number of anilines is 1. The Labute approximate surface area is 158 Å². The predicted octanol–water partition coefficient (Wildman–Crippen LogP) is 1.51. The van der Waals surface area contributed by atoms with Crippen LogP contribution in [-0.4, -0.2) is 39.4 Å². The standard InChI is InChI=1S/C20H25N5O2/c26-19-10-15-2-1-3-17(15)23-25(19)11-14-4-7-24(8-5-14)20-16-12-27-9-6-18(16)21-13-22-20/h10,13-14H,1-9,11-12H2. The average Bonchev–Trinajstić information content (AvgIpc) is 3.15. The van der Waals surface area contributed by atoms with Crippen LogP contribution in [0.3, 0.4) is 0 Å². The fraction of sp³-hybridized carbons (Fsp3) is 0.600. The Balaban J connectivity index is 1.27. The zero-order chi connectivity index (χ0) is 18.2. The summed E-state index contributed by atoms with van der Waals surface area (Å²) in [4.78, 5) is 23.7. The number of piperidine rings is 1. The Bertz CT molecular complexity index is 902. The van der Waals surface area contributed by atoms with Crippen molar-refractivity contribution in [2.24, 2.45) is 5.92 Å². The van der Waals surface area contributed by atoms with Crippen LogP contribution in [0, 0.1) is 5.92 Å². The number of rotatable bonds is 3. The van der Waals surface area contributed by atoms with E-state index in [1.54, 1.807) is 17.1 Å². The highest BCUT2D eigenvalue weighted by Gasteiger charge is 2.26. The van der Waals surface area contributed by atoms with E-state index in [0.29, 0.717) is 12.5 Å². The SMILES string of the molecule is O=c1cc2c(nn1CC1CCN(c3ncnc4c3COCC4)CC1)CCC2. The Morgan fingerprint density at radius 1 is 1.11 bits per heavy atom. The summed E-state index contributed by atoms with van der Waals surface area (Å²) in [6.07, 6.45) is 7.78. The Morgan fingerprint density at radius 2 is 2.00 bits per heavy atom. The van der Waals surface area contributed by atoms with E-state index in [-0.39, 0.29) is 5.56 Å². The summed E-state index contributed by atoms with van der Waals surface area (Å²) in [5.41, 5.74) is 4.61. The first-order chi connectivity index (χ1) is 13.3. The molecule has 0 atom stereocenters. The summed E-state index contributed by atoms with van der Waals surface area (Å²) in [7, 11) is 0. The Kier molecular flexibility index (Phi) is 4.39. The zero-order valence-corrected chi connectivity index (χ0v) is 15.6. The molecule has 5 rings (SSSR count). The number of ether oxygens (including phenoxy) is 1. The van der Waals surface area contributed by atoms with E-state index in [4.69, 9.17) is 4.74 Å². The molecule has 1 aliphatic carbocycles. The first-order valence-electron chi connectivity index (χ1n) is 10.0. The van der Waals surface area contributed by atoms with Crippen molar-refractivity contribution in [1.29, 1.82) is 0 Å². The molecular formula is C20H25N5O2. The minimum atomic E-state index is 0.0556. The molecule has 0 radical (unpaired) electrons.